The Hall–Kier alpha value is -1.40. The molecule has 0 aromatic carbocycles. The minimum absolute atomic E-state index is 0.0390. The second kappa shape index (κ2) is 5.93. The number of ether oxygens (including phenoxy) is 1. The van der Waals surface area contributed by atoms with Gasteiger partial charge in [0.2, 0.25) is 5.91 Å². The molecule has 1 aliphatic heterocycles. The molecule has 0 bridgehead atoms. The van der Waals surface area contributed by atoms with E-state index in [2.05, 4.69) is 10.6 Å². The number of amides is 1. The highest BCUT2D eigenvalue weighted by atomic mass is 32.1. The number of anilines is 1. The molecule has 2 N–H and O–H groups in total. The normalized spacial score (nSPS) is 16.4. The molecule has 1 aromatic heterocycles. The highest BCUT2D eigenvalue weighted by Gasteiger charge is 2.30. The third kappa shape index (κ3) is 2.71. The van der Waals surface area contributed by atoms with Crippen LogP contribution in [0.3, 0.4) is 0 Å². The van der Waals surface area contributed by atoms with Crippen LogP contribution >= 0.6 is 11.3 Å². The molecular formula is C14H20N2O3S. The quantitative estimate of drug-likeness (QED) is 0.833. The molecule has 2 rings (SSSR count). The molecule has 110 valence electrons. The third-order valence-electron chi connectivity index (χ3n) is 3.95. The molecule has 1 saturated heterocycles. The predicted molar refractivity (Wildman–Crippen MR) is 79.3 cm³/mol. The minimum Gasteiger partial charge on any atom is -0.465 e. The Morgan fingerprint density at radius 2 is 2.05 bits per heavy atom. The summed E-state index contributed by atoms with van der Waals surface area (Å²) >= 11 is 1.42. The zero-order chi connectivity index (χ0) is 14.9. The summed E-state index contributed by atoms with van der Waals surface area (Å²) < 4.78 is 4.80. The molecule has 1 aliphatic rings. The van der Waals surface area contributed by atoms with Crippen LogP contribution in [-0.2, 0) is 9.53 Å². The molecule has 1 fully saturated rings. The van der Waals surface area contributed by atoms with Crippen molar-refractivity contribution in [3.8, 4) is 0 Å². The standard InChI is InChI=1S/C14H20N2O3S/c1-7-9(3)20-13(11(7)14(18)19-4)16-12(17)8(2)10-5-15-6-10/h8,10,15H,5-6H2,1-4H3,(H,16,17). The lowest BCUT2D eigenvalue weighted by Crippen LogP contribution is -2.48. The van der Waals surface area contributed by atoms with E-state index >= 15 is 0 Å². The van der Waals surface area contributed by atoms with Gasteiger partial charge in [-0.2, -0.15) is 0 Å². The van der Waals surface area contributed by atoms with Crippen molar-refractivity contribution < 1.29 is 14.3 Å². The lowest BCUT2D eigenvalue weighted by Gasteiger charge is -2.31. The minimum atomic E-state index is -0.403. The SMILES string of the molecule is COC(=O)c1c(NC(=O)C(C)C2CNC2)sc(C)c1C. The van der Waals surface area contributed by atoms with Crippen LogP contribution in [0, 0.1) is 25.7 Å². The Bertz CT molecular complexity index is 535. The summed E-state index contributed by atoms with van der Waals surface area (Å²) in [5, 5.41) is 6.64. The second-order valence-electron chi connectivity index (χ2n) is 5.18. The first kappa shape index (κ1) is 15.0. The third-order valence-corrected chi connectivity index (χ3v) is 5.07. The van der Waals surface area contributed by atoms with Gasteiger partial charge in [-0.3, -0.25) is 4.79 Å². The molecule has 20 heavy (non-hydrogen) atoms. The molecule has 0 radical (unpaired) electrons. The van der Waals surface area contributed by atoms with Crippen molar-refractivity contribution in [1.82, 2.24) is 5.32 Å². The fourth-order valence-corrected chi connectivity index (χ4v) is 3.22. The molecule has 0 aliphatic carbocycles. The van der Waals surface area contributed by atoms with Gasteiger partial charge in [-0.25, -0.2) is 4.79 Å². The number of thiophene rings is 1. The molecule has 0 saturated carbocycles. The molecule has 1 unspecified atom stereocenters. The number of nitrogens with one attached hydrogen (secondary N) is 2. The maximum absolute atomic E-state index is 12.2. The van der Waals surface area contributed by atoms with E-state index in [9.17, 15) is 9.59 Å². The van der Waals surface area contributed by atoms with E-state index in [0.29, 0.717) is 16.5 Å². The van der Waals surface area contributed by atoms with Crippen LogP contribution in [0.5, 0.6) is 0 Å². The lowest BCUT2D eigenvalue weighted by atomic mass is 9.88. The predicted octanol–water partition coefficient (Wildman–Crippen LogP) is 1.95. The Balaban J connectivity index is 2.18. The van der Waals surface area contributed by atoms with Gasteiger partial charge in [0, 0.05) is 10.8 Å². The highest BCUT2D eigenvalue weighted by molar-refractivity contribution is 7.16. The first-order chi connectivity index (χ1) is 9.45. The maximum atomic E-state index is 12.2. The van der Waals surface area contributed by atoms with E-state index in [0.717, 1.165) is 23.5 Å². The summed E-state index contributed by atoms with van der Waals surface area (Å²) in [4.78, 5) is 25.1. The molecule has 1 amide bonds. The summed E-state index contributed by atoms with van der Waals surface area (Å²) in [7, 11) is 1.35. The number of carbonyl (C=O) groups excluding carboxylic acids is 2. The number of aryl methyl sites for hydroxylation is 1. The number of hydrogen-bond donors (Lipinski definition) is 2. The van der Waals surface area contributed by atoms with Gasteiger partial charge in [0.05, 0.1) is 12.7 Å². The number of rotatable bonds is 4. The van der Waals surface area contributed by atoms with Crippen molar-refractivity contribution in [2.75, 3.05) is 25.5 Å². The summed E-state index contributed by atoms with van der Waals surface area (Å²) in [5.41, 5.74) is 1.34. The van der Waals surface area contributed by atoms with Gasteiger partial charge in [0.25, 0.3) is 0 Å². The number of carbonyl (C=O) groups is 2. The van der Waals surface area contributed by atoms with Crippen molar-refractivity contribution >= 4 is 28.2 Å². The smallest absolute Gasteiger partial charge is 0.341 e. The second-order valence-corrected chi connectivity index (χ2v) is 6.40. The van der Waals surface area contributed by atoms with Gasteiger partial charge in [0.1, 0.15) is 5.00 Å². The van der Waals surface area contributed by atoms with Gasteiger partial charge in [0.15, 0.2) is 0 Å². The van der Waals surface area contributed by atoms with Gasteiger partial charge in [-0.1, -0.05) is 6.92 Å². The molecule has 1 aromatic rings. The van der Waals surface area contributed by atoms with Crippen LogP contribution < -0.4 is 10.6 Å². The van der Waals surface area contributed by atoms with E-state index in [1.165, 1.54) is 18.4 Å². The van der Waals surface area contributed by atoms with Crippen molar-refractivity contribution in [1.29, 1.82) is 0 Å². The molecular weight excluding hydrogens is 276 g/mol. The van der Waals surface area contributed by atoms with Crippen LogP contribution in [0.1, 0.15) is 27.7 Å². The largest absolute Gasteiger partial charge is 0.465 e. The summed E-state index contributed by atoms with van der Waals surface area (Å²) in [5.74, 6) is -0.133. The van der Waals surface area contributed by atoms with Crippen LogP contribution in [-0.4, -0.2) is 32.1 Å². The number of methoxy groups -OCH3 is 1. The maximum Gasteiger partial charge on any atom is 0.341 e. The van der Waals surface area contributed by atoms with Crippen molar-refractivity contribution in [3.05, 3.63) is 16.0 Å². The Labute approximate surface area is 122 Å². The molecule has 2 heterocycles. The zero-order valence-electron chi connectivity index (χ0n) is 12.2. The lowest BCUT2D eigenvalue weighted by molar-refractivity contribution is -0.121. The van der Waals surface area contributed by atoms with Crippen molar-refractivity contribution in [2.45, 2.75) is 20.8 Å². The van der Waals surface area contributed by atoms with E-state index in [1.807, 2.05) is 20.8 Å². The number of hydrogen-bond acceptors (Lipinski definition) is 5. The van der Waals surface area contributed by atoms with Gasteiger partial charge < -0.3 is 15.4 Å². The van der Waals surface area contributed by atoms with Crippen molar-refractivity contribution in [2.24, 2.45) is 11.8 Å². The van der Waals surface area contributed by atoms with E-state index in [1.54, 1.807) is 0 Å². The zero-order valence-corrected chi connectivity index (χ0v) is 13.0. The highest BCUT2D eigenvalue weighted by Crippen LogP contribution is 2.33. The number of esters is 1. The van der Waals surface area contributed by atoms with Crippen LogP contribution in [0.15, 0.2) is 0 Å². The first-order valence-electron chi connectivity index (χ1n) is 6.65. The van der Waals surface area contributed by atoms with E-state index in [-0.39, 0.29) is 11.8 Å². The van der Waals surface area contributed by atoms with E-state index in [4.69, 9.17) is 4.74 Å². The average molecular weight is 296 g/mol. The fourth-order valence-electron chi connectivity index (χ4n) is 2.17. The Morgan fingerprint density at radius 3 is 2.55 bits per heavy atom. The average Bonchev–Trinajstić information content (AvgIpc) is 2.62. The molecule has 6 heteroatoms. The summed E-state index contributed by atoms with van der Waals surface area (Å²) in [6.45, 7) is 7.47. The first-order valence-corrected chi connectivity index (χ1v) is 7.47. The topological polar surface area (TPSA) is 67.4 Å². The summed E-state index contributed by atoms with van der Waals surface area (Å²) in [6, 6.07) is 0. The monoisotopic (exact) mass is 296 g/mol. The molecule has 1 atom stereocenters. The van der Waals surface area contributed by atoms with E-state index < -0.39 is 5.97 Å². The summed E-state index contributed by atoms with van der Waals surface area (Å²) in [6.07, 6.45) is 0. The van der Waals surface area contributed by atoms with Gasteiger partial charge >= 0.3 is 5.97 Å². The van der Waals surface area contributed by atoms with Crippen LogP contribution in [0.4, 0.5) is 5.00 Å². The molecule has 5 nitrogen and oxygen atoms in total. The Kier molecular flexibility index (Phi) is 4.45. The molecule has 0 spiro atoms. The van der Waals surface area contributed by atoms with Gasteiger partial charge in [-0.15, -0.1) is 11.3 Å². The van der Waals surface area contributed by atoms with Crippen LogP contribution in [0.25, 0.3) is 0 Å². The van der Waals surface area contributed by atoms with Gasteiger partial charge in [-0.05, 0) is 38.4 Å². The fraction of sp³-hybridized carbons (Fsp3) is 0.571. The Morgan fingerprint density at radius 1 is 1.40 bits per heavy atom. The van der Waals surface area contributed by atoms with Crippen molar-refractivity contribution in [3.63, 3.8) is 0 Å². The van der Waals surface area contributed by atoms with Crippen LogP contribution in [0.2, 0.25) is 0 Å².